The predicted molar refractivity (Wildman–Crippen MR) is 76.7 cm³/mol. The summed E-state index contributed by atoms with van der Waals surface area (Å²) < 4.78 is 0. The van der Waals surface area contributed by atoms with Crippen LogP contribution in [0.25, 0.3) is 0 Å². The lowest BCUT2D eigenvalue weighted by Crippen LogP contribution is -2.41. The molecule has 1 amide bonds. The second kappa shape index (κ2) is 8.67. The molecule has 0 aliphatic carbocycles. The Morgan fingerprint density at radius 2 is 2.00 bits per heavy atom. The van der Waals surface area contributed by atoms with Gasteiger partial charge in [0.05, 0.1) is 6.54 Å². The lowest BCUT2D eigenvalue weighted by atomic mass is 10.2. The Morgan fingerprint density at radius 1 is 1.32 bits per heavy atom. The van der Waals surface area contributed by atoms with E-state index in [9.17, 15) is 4.79 Å². The fourth-order valence-electron chi connectivity index (χ4n) is 1.83. The van der Waals surface area contributed by atoms with Crippen LogP contribution in [0.1, 0.15) is 25.8 Å². The molecule has 0 spiro atoms. The molecule has 4 nitrogen and oxygen atoms in total. The quantitative estimate of drug-likeness (QED) is 0.746. The Morgan fingerprint density at radius 3 is 2.58 bits per heavy atom. The third-order valence-electron chi connectivity index (χ3n) is 3.01. The van der Waals surface area contributed by atoms with Gasteiger partial charge in [0, 0.05) is 25.7 Å². The third kappa shape index (κ3) is 6.36. The second-order valence-electron chi connectivity index (χ2n) is 4.90. The first-order chi connectivity index (χ1) is 9.13. The number of nitrogens with one attached hydrogen (secondary N) is 1. The van der Waals surface area contributed by atoms with Gasteiger partial charge in [0.2, 0.25) is 5.91 Å². The Hall–Kier alpha value is -1.39. The van der Waals surface area contributed by atoms with Gasteiger partial charge in [-0.05, 0) is 25.8 Å². The number of carbonyl (C=O) groups is 1. The summed E-state index contributed by atoms with van der Waals surface area (Å²) in [6.45, 7) is 5.96. The van der Waals surface area contributed by atoms with Crippen molar-refractivity contribution in [3.05, 3.63) is 35.9 Å². The van der Waals surface area contributed by atoms with Gasteiger partial charge in [-0.15, -0.1) is 0 Å². The highest BCUT2D eigenvalue weighted by atomic mass is 16.3. The average Bonchev–Trinajstić information content (AvgIpc) is 2.42. The van der Waals surface area contributed by atoms with E-state index in [1.165, 1.54) is 0 Å². The first-order valence-corrected chi connectivity index (χ1v) is 6.79. The highest BCUT2D eigenvalue weighted by Gasteiger charge is 2.13. The number of carbonyl (C=O) groups excluding carboxylic acids is 1. The summed E-state index contributed by atoms with van der Waals surface area (Å²) in [6.07, 6.45) is 0.699. The van der Waals surface area contributed by atoms with E-state index in [4.69, 9.17) is 5.11 Å². The fraction of sp³-hybridized carbons (Fsp3) is 0.533. The van der Waals surface area contributed by atoms with Gasteiger partial charge in [-0.3, -0.25) is 9.69 Å². The van der Waals surface area contributed by atoms with Crippen molar-refractivity contribution in [1.82, 2.24) is 10.2 Å². The fourth-order valence-corrected chi connectivity index (χ4v) is 1.83. The van der Waals surface area contributed by atoms with Gasteiger partial charge in [-0.2, -0.15) is 0 Å². The van der Waals surface area contributed by atoms with Crippen LogP contribution in [0.5, 0.6) is 0 Å². The molecule has 0 saturated heterocycles. The van der Waals surface area contributed by atoms with Crippen molar-refractivity contribution in [3.8, 4) is 0 Å². The summed E-state index contributed by atoms with van der Waals surface area (Å²) in [5.41, 5.74) is 1.10. The lowest BCUT2D eigenvalue weighted by molar-refractivity contribution is -0.122. The normalized spacial score (nSPS) is 11.0. The zero-order valence-corrected chi connectivity index (χ0v) is 11.8. The standard InChI is InChI=1S/C15H24N2O2/c1-13(2)17(9-6-10-18)12-15(19)16-11-14-7-4-3-5-8-14/h3-5,7-8,13,18H,6,9-12H2,1-2H3,(H,16,19). The molecule has 0 heterocycles. The molecule has 106 valence electrons. The lowest BCUT2D eigenvalue weighted by Gasteiger charge is -2.25. The molecule has 0 saturated carbocycles. The van der Waals surface area contributed by atoms with Crippen LogP contribution in [-0.4, -0.2) is 41.7 Å². The first-order valence-electron chi connectivity index (χ1n) is 6.79. The minimum Gasteiger partial charge on any atom is -0.396 e. The maximum Gasteiger partial charge on any atom is 0.234 e. The highest BCUT2D eigenvalue weighted by Crippen LogP contribution is 2.00. The Bertz CT molecular complexity index is 366. The summed E-state index contributed by atoms with van der Waals surface area (Å²) in [5.74, 6) is 0.0236. The molecule has 2 N–H and O–H groups in total. The van der Waals surface area contributed by atoms with Crippen LogP contribution in [0.3, 0.4) is 0 Å². The maximum atomic E-state index is 11.9. The SMILES string of the molecule is CC(C)N(CCCO)CC(=O)NCc1ccccc1. The van der Waals surface area contributed by atoms with E-state index in [-0.39, 0.29) is 12.5 Å². The monoisotopic (exact) mass is 264 g/mol. The molecule has 1 aromatic rings. The van der Waals surface area contributed by atoms with Crippen LogP contribution in [0.4, 0.5) is 0 Å². The smallest absolute Gasteiger partial charge is 0.234 e. The van der Waals surface area contributed by atoms with Crippen LogP contribution in [0.15, 0.2) is 30.3 Å². The van der Waals surface area contributed by atoms with Gasteiger partial charge in [-0.1, -0.05) is 30.3 Å². The first kappa shape index (κ1) is 15.7. The molecule has 1 rings (SSSR count). The molecule has 0 bridgehead atoms. The van der Waals surface area contributed by atoms with Crippen molar-refractivity contribution in [1.29, 1.82) is 0 Å². The molecule has 4 heteroatoms. The Balaban J connectivity index is 2.36. The van der Waals surface area contributed by atoms with E-state index in [1.54, 1.807) is 0 Å². The molecule has 0 atom stereocenters. The van der Waals surface area contributed by atoms with Gasteiger partial charge >= 0.3 is 0 Å². The molecule has 0 fully saturated rings. The topological polar surface area (TPSA) is 52.6 Å². The van der Waals surface area contributed by atoms with Crippen LogP contribution in [0.2, 0.25) is 0 Å². The van der Waals surface area contributed by atoms with E-state index >= 15 is 0 Å². The largest absolute Gasteiger partial charge is 0.396 e. The zero-order valence-electron chi connectivity index (χ0n) is 11.8. The number of aliphatic hydroxyl groups is 1. The Kier molecular flexibility index (Phi) is 7.15. The van der Waals surface area contributed by atoms with Crippen LogP contribution >= 0.6 is 0 Å². The predicted octanol–water partition coefficient (Wildman–Crippen LogP) is 1.40. The number of aliphatic hydroxyl groups excluding tert-OH is 1. The van der Waals surface area contributed by atoms with E-state index in [2.05, 4.69) is 24.1 Å². The number of rotatable bonds is 8. The van der Waals surface area contributed by atoms with Gasteiger partial charge in [0.15, 0.2) is 0 Å². The molecular weight excluding hydrogens is 240 g/mol. The van der Waals surface area contributed by atoms with Gasteiger partial charge in [0.25, 0.3) is 0 Å². The number of benzene rings is 1. The maximum absolute atomic E-state index is 11.9. The molecule has 1 aromatic carbocycles. The molecule has 0 unspecified atom stereocenters. The van der Waals surface area contributed by atoms with Gasteiger partial charge in [0.1, 0.15) is 0 Å². The van der Waals surface area contributed by atoms with E-state index in [1.807, 2.05) is 30.3 Å². The number of hydrogen-bond acceptors (Lipinski definition) is 3. The molecule has 0 radical (unpaired) electrons. The van der Waals surface area contributed by atoms with Crippen LogP contribution in [0, 0.1) is 0 Å². The van der Waals surface area contributed by atoms with Crippen molar-refractivity contribution in [2.24, 2.45) is 0 Å². The van der Waals surface area contributed by atoms with Gasteiger partial charge in [-0.25, -0.2) is 0 Å². The summed E-state index contributed by atoms with van der Waals surface area (Å²) in [7, 11) is 0. The van der Waals surface area contributed by atoms with E-state index < -0.39 is 0 Å². The number of amides is 1. The number of nitrogens with zero attached hydrogens (tertiary/aromatic N) is 1. The summed E-state index contributed by atoms with van der Waals surface area (Å²) in [5, 5.41) is 11.8. The van der Waals surface area contributed by atoms with Crippen LogP contribution < -0.4 is 5.32 Å². The molecular formula is C15H24N2O2. The summed E-state index contributed by atoms with van der Waals surface area (Å²) in [4.78, 5) is 13.9. The van der Waals surface area contributed by atoms with Crippen molar-refractivity contribution in [3.63, 3.8) is 0 Å². The third-order valence-corrected chi connectivity index (χ3v) is 3.01. The highest BCUT2D eigenvalue weighted by molar-refractivity contribution is 5.78. The van der Waals surface area contributed by atoms with Crippen molar-refractivity contribution in [2.45, 2.75) is 32.9 Å². The zero-order chi connectivity index (χ0) is 14.1. The van der Waals surface area contributed by atoms with Gasteiger partial charge < -0.3 is 10.4 Å². The molecule has 19 heavy (non-hydrogen) atoms. The van der Waals surface area contributed by atoms with Crippen LogP contribution in [-0.2, 0) is 11.3 Å². The average molecular weight is 264 g/mol. The van der Waals surface area contributed by atoms with Crippen molar-refractivity contribution < 1.29 is 9.90 Å². The van der Waals surface area contributed by atoms with E-state index in [0.29, 0.717) is 25.6 Å². The summed E-state index contributed by atoms with van der Waals surface area (Å²) >= 11 is 0. The molecule has 0 aromatic heterocycles. The van der Waals surface area contributed by atoms with Crippen molar-refractivity contribution >= 4 is 5.91 Å². The second-order valence-corrected chi connectivity index (χ2v) is 4.90. The number of hydrogen-bond donors (Lipinski definition) is 2. The van der Waals surface area contributed by atoms with Crippen molar-refractivity contribution in [2.75, 3.05) is 19.7 Å². The molecule has 0 aliphatic rings. The van der Waals surface area contributed by atoms with E-state index in [0.717, 1.165) is 12.1 Å². The Labute approximate surface area is 115 Å². The molecule has 0 aliphatic heterocycles. The minimum absolute atomic E-state index is 0.0236. The minimum atomic E-state index is 0.0236. The summed E-state index contributed by atoms with van der Waals surface area (Å²) in [6, 6.07) is 10.2.